The van der Waals surface area contributed by atoms with Gasteiger partial charge in [0.05, 0.1) is 38.5 Å². The van der Waals surface area contributed by atoms with Gasteiger partial charge in [0.25, 0.3) is 5.69 Å². The summed E-state index contributed by atoms with van der Waals surface area (Å²) in [5.41, 5.74) is 9.24. The van der Waals surface area contributed by atoms with Crippen molar-refractivity contribution in [1.82, 2.24) is 19.3 Å². The predicted octanol–water partition coefficient (Wildman–Crippen LogP) is 3.33. The molecule has 0 aliphatic carbocycles. The molecule has 6 rings (SSSR count). The van der Waals surface area contributed by atoms with Crippen molar-refractivity contribution in [3.8, 4) is 0 Å². The largest absolute Gasteiger partial charge is 0.456 e. The van der Waals surface area contributed by atoms with E-state index in [1.807, 2.05) is 6.92 Å². The molecule has 2 aliphatic heterocycles. The highest BCUT2D eigenvalue weighted by Gasteiger charge is 2.60. The first-order valence-corrected chi connectivity index (χ1v) is 17.2. The topological polar surface area (TPSA) is 240 Å². The van der Waals surface area contributed by atoms with Gasteiger partial charge < -0.3 is 14.7 Å². The summed E-state index contributed by atoms with van der Waals surface area (Å²) < 4.78 is 32.5. The van der Waals surface area contributed by atoms with Crippen molar-refractivity contribution in [2.24, 2.45) is 17.0 Å². The Kier molecular flexibility index (Phi) is 8.76. The first kappa shape index (κ1) is 33.4. The molecule has 1 amide bonds. The summed E-state index contributed by atoms with van der Waals surface area (Å²) in [5, 5.41) is 24.6. The number of rotatable bonds is 12. The zero-order valence-electron chi connectivity index (χ0n) is 25.7. The van der Waals surface area contributed by atoms with E-state index in [-0.39, 0.29) is 40.7 Å². The van der Waals surface area contributed by atoms with Crippen molar-refractivity contribution in [2.45, 2.75) is 37.5 Å². The lowest BCUT2D eigenvalue weighted by Gasteiger charge is -2.46. The number of carbonyl (C=O) groups is 3. The summed E-state index contributed by atoms with van der Waals surface area (Å²) >= 11 is 1.13. The third kappa shape index (κ3) is 5.92. The number of azide groups is 1. The molecule has 1 N–H and O–H groups in total. The van der Waals surface area contributed by atoms with Crippen molar-refractivity contribution >= 4 is 54.9 Å². The lowest BCUT2D eigenvalue weighted by molar-refractivity contribution is -0.384. The number of carbonyl (C=O) groups excluding carboxylic acids is 3. The number of ether oxygens (including phenoxy) is 1. The minimum atomic E-state index is -3.90. The molecule has 0 unspecified atom stereocenters. The number of aliphatic hydroxyl groups is 1. The van der Waals surface area contributed by atoms with Gasteiger partial charge in [-0.15, -0.1) is 11.3 Å². The fraction of sp³-hybridized carbons (Fsp3) is 0.300. The molecule has 0 radical (unpaired) electrons. The van der Waals surface area contributed by atoms with Crippen molar-refractivity contribution in [3.05, 3.63) is 103 Å². The third-order valence-electron chi connectivity index (χ3n) is 8.43. The van der Waals surface area contributed by atoms with E-state index in [4.69, 9.17) is 10.3 Å². The maximum Gasteiger partial charge on any atom is 0.355 e. The summed E-state index contributed by atoms with van der Waals surface area (Å²) in [7, 11) is -3.90. The molecule has 1 aromatic carbocycles. The van der Waals surface area contributed by atoms with Gasteiger partial charge in [0, 0.05) is 59.2 Å². The first-order chi connectivity index (χ1) is 23.3. The molecule has 17 nitrogen and oxygen atoms in total. The monoisotopic (exact) mass is 706 g/mol. The predicted molar refractivity (Wildman–Crippen MR) is 172 cm³/mol. The number of esters is 1. The number of benzene rings is 1. The summed E-state index contributed by atoms with van der Waals surface area (Å²) in [6.45, 7) is 2.81. The van der Waals surface area contributed by atoms with E-state index in [2.05, 4.69) is 20.0 Å². The molecule has 2 aliphatic rings. The summed E-state index contributed by atoms with van der Waals surface area (Å²) in [6.07, 6.45) is 4.37. The lowest BCUT2D eigenvalue weighted by atomic mass is 9.77. The minimum absolute atomic E-state index is 0.00330. The third-order valence-corrected chi connectivity index (χ3v) is 11.2. The van der Waals surface area contributed by atoms with Crippen LogP contribution in [0.5, 0.6) is 0 Å². The van der Waals surface area contributed by atoms with Crippen LogP contribution in [0, 0.1) is 22.0 Å². The molecular formula is C30H26N8O9S2. The van der Waals surface area contributed by atoms with E-state index in [9.17, 15) is 38.0 Å². The average Bonchev–Trinajstić information content (AvgIpc) is 3.73. The quantitative estimate of drug-likeness (QED) is 0.0327. The molecule has 4 atom stereocenters. The molecule has 19 heteroatoms. The molecular weight excluding hydrogens is 681 g/mol. The number of imidazole rings is 1. The van der Waals surface area contributed by atoms with Gasteiger partial charge in [-0.2, -0.15) is 0 Å². The molecule has 5 heterocycles. The van der Waals surface area contributed by atoms with Crippen molar-refractivity contribution in [2.75, 3.05) is 12.3 Å². The smallest absolute Gasteiger partial charge is 0.355 e. The van der Waals surface area contributed by atoms with Crippen LogP contribution in [0.3, 0.4) is 0 Å². The van der Waals surface area contributed by atoms with E-state index < -0.39 is 62.2 Å². The van der Waals surface area contributed by atoms with Crippen LogP contribution in [-0.4, -0.2) is 79.8 Å². The molecule has 0 spiro atoms. The van der Waals surface area contributed by atoms with Crippen LogP contribution in [0.15, 0.2) is 71.0 Å². The lowest BCUT2D eigenvalue weighted by Crippen LogP contribution is -2.63. The zero-order chi connectivity index (χ0) is 35.2. The summed E-state index contributed by atoms with van der Waals surface area (Å²) in [6, 6.07) is 6.13. The number of thiazole rings is 1. The van der Waals surface area contributed by atoms with E-state index in [0.717, 1.165) is 17.5 Å². The summed E-state index contributed by atoms with van der Waals surface area (Å²) in [5.74, 6) is -3.51. The number of sulfone groups is 1. The Labute approximate surface area is 281 Å². The number of aliphatic hydroxyl groups excluding tert-OH is 1. The van der Waals surface area contributed by atoms with E-state index in [1.54, 1.807) is 10.6 Å². The van der Waals surface area contributed by atoms with Crippen LogP contribution in [-0.2, 0) is 30.8 Å². The van der Waals surface area contributed by atoms with Crippen LogP contribution in [0.1, 0.15) is 40.3 Å². The number of fused-ring (bicyclic) bond motifs is 2. The van der Waals surface area contributed by atoms with Crippen LogP contribution < -0.4 is 0 Å². The molecule has 1 fully saturated rings. The zero-order valence-corrected chi connectivity index (χ0v) is 27.4. The van der Waals surface area contributed by atoms with E-state index in [0.29, 0.717) is 20.8 Å². The van der Waals surface area contributed by atoms with E-state index >= 15 is 0 Å². The Bertz CT molecular complexity index is 2220. The van der Waals surface area contributed by atoms with Crippen molar-refractivity contribution < 1.29 is 37.6 Å². The number of nitro groups is 1. The molecule has 4 aromatic rings. The standard InChI is InChI=1S/C30H26N8O9S2/c1-15-22(26(37-25(15)23(16(2)39)28(37)41)30(42)47-13-17-3-5-19(6-4-17)38(43)44)21-12-36-14-33-24(29(36)48-21)27(40)18-9-20(11-32-10-18)49(45,46)8-7-34-35-31/h3-6,9-12,14-16,23,25,39H,7-8,13H2,1-2H3/t15-,16+,23+,25+/m0/s1. The highest BCUT2D eigenvalue weighted by Crippen LogP contribution is 2.52. The number of ketones is 1. The number of β-lactam (4-membered cyclic amide) rings is 1. The molecule has 3 aromatic heterocycles. The number of nitro benzene ring substituents is 1. The number of hydrogen-bond donors (Lipinski definition) is 1. The van der Waals surface area contributed by atoms with Crippen molar-refractivity contribution in [3.63, 3.8) is 0 Å². The van der Waals surface area contributed by atoms with Gasteiger partial charge in [0.2, 0.25) is 11.7 Å². The highest BCUT2D eigenvalue weighted by molar-refractivity contribution is 7.91. The second-order valence-corrected chi connectivity index (χ2v) is 14.6. The maximum atomic E-state index is 13.7. The fourth-order valence-electron chi connectivity index (χ4n) is 6.07. The Morgan fingerprint density at radius 1 is 1.27 bits per heavy atom. The Balaban J connectivity index is 1.34. The van der Waals surface area contributed by atoms with Gasteiger partial charge in [-0.3, -0.25) is 29.1 Å². The Hall–Kier alpha value is -5.49. The molecule has 0 bridgehead atoms. The number of aromatic nitrogens is 3. The number of non-ortho nitro benzene ring substituents is 1. The van der Waals surface area contributed by atoms with Gasteiger partial charge in [0.15, 0.2) is 9.84 Å². The van der Waals surface area contributed by atoms with Crippen molar-refractivity contribution in [1.29, 1.82) is 0 Å². The summed E-state index contributed by atoms with van der Waals surface area (Å²) in [4.78, 5) is 63.6. The Morgan fingerprint density at radius 2 is 2.00 bits per heavy atom. The second kappa shape index (κ2) is 12.8. The molecule has 252 valence electrons. The number of hydrogen-bond acceptors (Lipinski definition) is 13. The van der Waals surface area contributed by atoms with Gasteiger partial charge in [-0.1, -0.05) is 12.0 Å². The van der Waals surface area contributed by atoms with Gasteiger partial charge in [0.1, 0.15) is 29.2 Å². The van der Waals surface area contributed by atoms with Crippen LogP contribution in [0.2, 0.25) is 0 Å². The minimum Gasteiger partial charge on any atom is -0.456 e. The number of amides is 1. The molecule has 0 saturated carbocycles. The SMILES string of the molecule is C[C@@H](O)[C@H]1C(=O)N2C(C(=O)OCc3ccc([N+](=O)[O-])cc3)=C(c3cn4cnc(C(=O)c5cncc(S(=O)(=O)CCN=[N+]=[N-])c5)c4s3)[C@H](C)[C@H]12. The first-order valence-electron chi connectivity index (χ1n) is 14.7. The maximum absolute atomic E-state index is 13.7. The number of pyridine rings is 1. The van der Waals surface area contributed by atoms with Crippen LogP contribution in [0.25, 0.3) is 20.8 Å². The van der Waals surface area contributed by atoms with E-state index in [1.165, 1.54) is 54.7 Å². The average molecular weight is 707 g/mol. The van der Waals surface area contributed by atoms with Gasteiger partial charge in [-0.05, 0) is 36.2 Å². The normalized spacial score (nSPS) is 19.3. The molecule has 1 saturated heterocycles. The fourth-order valence-corrected chi connectivity index (χ4v) is 8.37. The van der Waals surface area contributed by atoms with Gasteiger partial charge >= 0.3 is 5.97 Å². The second-order valence-electron chi connectivity index (χ2n) is 11.4. The highest BCUT2D eigenvalue weighted by atomic mass is 32.2. The van der Waals surface area contributed by atoms with Crippen LogP contribution in [0.4, 0.5) is 5.69 Å². The van der Waals surface area contributed by atoms with Gasteiger partial charge in [-0.25, -0.2) is 18.2 Å². The Morgan fingerprint density at radius 3 is 2.67 bits per heavy atom. The van der Waals surface area contributed by atoms with Crippen LogP contribution >= 0.6 is 11.3 Å². The molecule has 49 heavy (non-hydrogen) atoms. The number of nitrogens with zero attached hydrogens (tertiary/aromatic N) is 8.